The molecule has 0 saturated carbocycles. The highest BCUT2D eigenvalue weighted by atomic mass is 16.5. The summed E-state index contributed by atoms with van der Waals surface area (Å²) in [5.74, 6) is 1.72. The van der Waals surface area contributed by atoms with Gasteiger partial charge in [-0.1, -0.05) is 17.7 Å². The predicted octanol–water partition coefficient (Wildman–Crippen LogP) is 3.47. The van der Waals surface area contributed by atoms with Crippen molar-refractivity contribution < 1.29 is 4.74 Å². The van der Waals surface area contributed by atoms with Crippen LogP contribution in [0, 0.1) is 6.92 Å². The Hall–Kier alpha value is -3.41. The summed E-state index contributed by atoms with van der Waals surface area (Å²) in [6.07, 6.45) is 1.63. The molecule has 0 radical (unpaired) electrons. The van der Waals surface area contributed by atoms with Crippen LogP contribution in [0.15, 0.2) is 53.7 Å². The lowest BCUT2D eigenvalue weighted by molar-refractivity contribution is 0.414. The number of aliphatic imine (C=N–C) groups is 1. The maximum absolute atomic E-state index is 5.65. The lowest BCUT2D eigenvalue weighted by atomic mass is 9.97. The standard InChI is InChI=1S/C20H19N5O/c1-12-3-6-17(26-2)16(9-12)19-15-10-14(5-4-13(15)11-23-19)24-18-7-8-22-20(21)25-18/h3-10H,11H2,1-2H3,(H3,21,22,24,25). The van der Waals surface area contributed by atoms with Crippen LogP contribution in [0.3, 0.4) is 0 Å². The molecular weight excluding hydrogens is 326 g/mol. The van der Waals surface area contributed by atoms with Crippen molar-refractivity contribution >= 4 is 23.2 Å². The van der Waals surface area contributed by atoms with Gasteiger partial charge in [-0.15, -0.1) is 0 Å². The van der Waals surface area contributed by atoms with Gasteiger partial charge in [-0.2, -0.15) is 4.98 Å². The van der Waals surface area contributed by atoms with E-state index in [1.165, 1.54) is 11.1 Å². The third-order valence-electron chi connectivity index (χ3n) is 4.33. The molecule has 0 amide bonds. The normalized spacial score (nSPS) is 12.5. The number of benzene rings is 2. The third-order valence-corrected chi connectivity index (χ3v) is 4.33. The first-order chi connectivity index (χ1) is 12.6. The van der Waals surface area contributed by atoms with Gasteiger partial charge in [0.1, 0.15) is 11.6 Å². The van der Waals surface area contributed by atoms with Crippen molar-refractivity contribution in [2.45, 2.75) is 13.5 Å². The van der Waals surface area contributed by atoms with Crippen LogP contribution in [0.2, 0.25) is 0 Å². The van der Waals surface area contributed by atoms with Gasteiger partial charge < -0.3 is 15.8 Å². The average Bonchev–Trinajstić information content (AvgIpc) is 3.05. The van der Waals surface area contributed by atoms with E-state index in [0.29, 0.717) is 12.4 Å². The number of aromatic nitrogens is 2. The van der Waals surface area contributed by atoms with Gasteiger partial charge >= 0.3 is 0 Å². The molecule has 0 unspecified atom stereocenters. The molecule has 0 bridgehead atoms. The fraction of sp³-hybridized carbons (Fsp3) is 0.150. The molecule has 6 nitrogen and oxygen atoms in total. The summed E-state index contributed by atoms with van der Waals surface area (Å²) in [5, 5.41) is 3.27. The molecule has 4 rings (SSSR count). The van der Waals surface area contributed by atoms with E-state index in [9.17, 15) is 0 Å². The monoisotopic (exact) mass is 345 g/mol. The molecule has 3 aromatic rings. The molecule has 6 heteroatoms. The van der Waals surface area contributed by atoms with E-state index in [4.69, 9.17) is 15.5 Å². The number of rotatable bonds is 4. The Labute approximate surface area is 151 Å². The zero-order chi connectivity index (χ0) is 18.1. The van der Waals surface area contributed by atoms with Gasteiger partial charge in [0, 0.05) is 23.0 Å². The van der Waals surface area contributed by atoms with Gasteiger partial charge in [-0.3, -0.25) is 4.99 Å². The molecule has 1 aromatic heterocycles. The van der Waals surface area contributed by atoms with E-state index in [-0.39, 0.29) is 5.95 Å². The molecular formula is C20H19N5O. The molecule has 1 aliphatic heterocycles. The Morgan fingerprint density at radius 1 is 1.08 bits per heavy atom. The van der Waals surface area contributed by atoms with Crippen molar-refractivity contribution in [2.75, 3.05) is 18.2 Å². The number of nitrogens with two attached hydrogens (primary N) is 1. The van der Waals surface area contributed by atoms with Crippen LogP contribution in [-0.4, -0.2) is 22.8 Å². The van der Waals surface area contributed by atoms with Crippen LogP contribution < -0.4 is 15.8 Å². The molecule has 1 aliphatic rings. The van der Waals surface area contributed by atoms with Gasteiger partial charge in [0.25, 0.3) is 0 Å². The topological polar surface area (TPSA) is 85.4 Å². The van der Waals surface area contributed by atoms with Gasteiger partial charge in [0.2, 0.25) is 5.95 Å². The molecule has 26 heavy (non-hydrogen) atoms. The van der Waals surface area contributed by atoms with Crippen LogP contribution in [0.1, 0.15) is 22.3 Å². The average molecular weight is 345 g/mol. The zero-order valence-corrected chi connectivity index (χ0v) is 14.7. The number of methoxy groups -OCH3 is 1. The largest absolute Gasteiger partial charge is 0.496 e. The van der Waals surface area contributed by atoms with Crippen molar-refractivity contribution in [1.29, 1.82) is 0 Å². The lowest BCUT2D eigenvalue weighted by Crippen LogP contribution is -2.05. The molecule has 0 aliphatic carbocycles. The summed E-state index contributed by atoms with van der Waals surface area (Å²) in [6, 6.07) is 14.1. The number of nitrogen functional groups attached to an aromatic ring is 1. The maximum Gasteiger partial charge on any atom is 0.221 e. The maximum atomic E-state index is 5.65. The first kappa shape index (κ1) is 16.1. The van der Waals surface area contributed by atoms with Crippen LogP contribution >= 0.6 is 0 Å². The molecule has 130 valence electrons. The van der Waals surface area contributed by atoms with Crippen LogP contribution in [-0.2, 0) is 6.54 Å². The minimum Gasteiger partial charge on any atom is -0.496 e. The second kappa shape index (κ2) is 6.48. The first-order valence-corrected chi connectivity index (χ1v) is 8.32. The summed E-state index contributed by atoms with van der Waals surface area (Å²) in [7, 11) is 1.68. The number of anilines is 3. The quantitative estimate of drug-likeness (QED) is 0.756. The third kappa shape index (κ3) is 2.97. The highest BCUT2D eigenvalue weighted by Gasteiger charge is 2.21. The van der Waals surface area contributed by atoms with Gasteiger partial charge in [-0.05, 0) is 42.8 Å². The zero-order valence-electron chi connectivity index (χ0n) is 14.7. The van der Waals surface area contributed by atoms with Gasteiger partial charge in [0.05, 0.1) is 19.4 Å². The molecule has 0 saturated heterocycles. The summed E-state index contributed by atoms with van der Waals surface area (Å²) < 4.78 is 5.54. The smallest absolute Gasteiger partial charge is 0.221 e. The number of nitrogens with one attached hydrogen (secondary N) is 1. The lowest BCUT2D eigenvalue weighted by Gasteiger charge is -2.12. The molecule has 3 N–H and O–H groups in total. The number of aryl methyl sites for hydroxylation is 1. The molecule has 0 fully saturated rings. The van der Waals surface area contributed by atoms with Crippen molar-refractivity contribution in [3.05, 3.63) is 70.9 Å². The van der Waals surface area contributed by atoms with E-state index in [2.05, 4.69) is 40.4 Å². The van der Waals surface area contributed by atoms with Crippen LogP contribution in [0.4, 0.5) is 17.5 Å². The Morgan fingerprint density at radius 2 is 1.96 bits per heavy atom. The number of fused-ring (bicyclic) bond motifs is 1. The first-order valence-electron chi connectivity index (χ1n) is 8.32. The minimum absolute atomic E-state index is 0.239. The van der Waals surface area contributed by atoms with E-state index in [1.807, 2.05) is 18.2 Å². The van der Waals surface area contributed by atoms with Crippen molar-refractivity contribution in [1.82, 2.24) is 9.97 Å². The number of hydrogen-bond acceptors (Lipinski definition) is 6. The van der Waals surface area contributed by atoms with E-state index < -0.39 is 0 Å². The molecule has 0 atom stereocenters. The van der Waals surface area contributed by atoms with Gasteiger partial charge in [-0.25, -0.2) is 4.98 Å². The Bertz CT molecular complexity index is 1010. The Kier molecular flexibility index (Phi) is 4.01. The molecule has 0 spiro atoms. The molecule has 2 aromatic carbocycles. The summed E-state index contributed by atoms with van der Waals surface area (Å²) >= 11 is 0. The summed E-state index contributed by atoms with van der Waals surface area (Å²) in [6.45, 7) is 2.74. The summed E-state index contributed by atoms with van der Waals surface area (Å²) in [5.41, 5.74) is 12.0. The number of hydrogen-bond donors (Lipinski definition) is 2. The van der Waals surface area contributed by atoms with Crippen molar-refractivity contribution in [3.63, 3.8) is 0 Å². The Morgan fingerprint density at radius 3 is 2.77 bits per heavy atom. The number of nitrogens with zero attached hydrogens (tertiary/aromatic N) is 3. The predicted molar refractivity (Wildman–Crippen MR) is 103 cm³/mol. The summed E-state index contributed by atoms with van der Waals surface area (Å²) in [4.78, 5) is 12.8. The van der Waals surface area contributed by atoms with Crippen LogP contribution in [0.25, 0.3) is 0 Å². The van der Waals surface area contributed by atoms with Crippen LogP contribution in [0.5, 0.6) is 5.75 Å². The highest BCUT2D eigenvalue weighted by molar-refractivity contribution is 6.17. The SMILES string of the molecule is COc1ccc(C)cc1C1=NCc2ccc(Nc3ccnc(N)n3)cc21. The fourth-order valence-corrected chi connectivity index (χ4v) is 3.09. The fourth-order valence-electron chi connectivity index (χ4n) is 3.09. The van der Waals surface area contributed by atoms with E-state index in [0.717, 1.165) is 28.3 Å². The molecule has 2 heterocycles. The van der Waals surface area contributed by atoms with Crippen molar-refractivity contribution in [3.8, 4) is 5.75 Å². The number of ether oxygens (including phenoxy) is 1. The second-order valence-corrected chi connectivity index (χ2v) is 6.17. The van der Waals surface area contributed by atoms with E-state index in [1.54, 1.807) is 19.4 Å². The Balaban J connectivity index is 1.71. The van der Waals surface area contributed by atoms with Gasteiger partial charge in [0.15, 0.2) is 0 Å². The van der Waals surface area contributed by atoms with Crippen molar-refractivity contribution in [2.24, 2.45) is 4.99 Å². The van der Waals surface area contributed by atoms with E-state index >= 15 is 0 Å². The highest BCUT2D eigenvalue weighted by Crippen LogP contribution is 2.31. The second-order valence-electron chi connectivity index (χ2n) is 6.17. The minimum atomic E-state index is 0.239.